The van der Waals surface area contributed by atoms with E-state index in [1.807, 2.05) is 6.92 Å². The fourth-order valence-electron chi connectivity index (χ4n) is 1.21. The number of nitrogens with zero attached hydrogens (tertiary/aromatic N) is 1. The molecule has 1 unspecified atom stereocenters. The van der Waals surface area contributed by atoms with Crippen LogP contribution in [-0.4, -0.2) is 33.9 Å². The number of aliphatic hydroxyl groups is 1. The van der Waals surface area contributed by atoms with Crippen molar-refractivity contribution in [1.82, 2.24) is 15.5 Å². The molecule has 0 fully saturated rings. The zero-order valence-electron chi connectivity index (χ0n) is 9.06. The van der Waals surface area contributed by atoms with Crippen LogP contribution in [0.4, 0.5) is 0 Å². The van der Waals surface area contributed by atoms with Gasteiger partial charge in [-0.15, -0.1) is 0 Å². The van der Waals surface area contributed by atoms with Crippen LogP contribution in [-0.2, 0) is 0 Å². The first kappa shape index (κ1) is 12.4. The standard InChI is InChI=1S/C10H15N3O3/c1-2-3-7(14)6-11-10(16)8-4-5-9(15)13-12-8/h4-5,7,14H,2-3,6H2,1H3,(H,11,16)(H,13,15). The zero-order valence-corrected chi connectivity index (χ0v) is 9.06. The fourth-order valence-corrected chi connectivity index (χ4v) is 1.21. The van der Waals surface area contributed by atoms with Crippen LogP contribution in [0.5, 0.6) is 0 Å². The molecule has 6 heteroatoms. The average molecular weight is 225 g/mol. The van der Waals surface area contributed by atoms with Crippen molar-refractivity contribution in [2.75, 3.05) is 6.54 Å². The van der Waals surface area contributed by atoms with E-state index < -0.39 is 12.0 Å². The minimum atomic E-state index is -0.545. The second-order valence-corrected chi connectivity index (χ2v) is 3.46. The maximum atomic E-state index is 11.5. The Morgan fingerprint density at radius 2 is 2.38 bits per heavy atom. The Labute approximate surface area is 92.7 Å². The van der Waals surface area contributed by atoms with Crippen LogP contribution >= 0.6 is 0 Å². The number of aliphatic hydroxyl groups excluding tert-OH is 1. The van der Waals surface area contributed by atoms with E-state index in [0.717, 1.165) is 6.42 Å². The number of rotatable bonds is 5. The molecule has 0 saturated heterocycles. The minimum absolute atomic E-state index is 0.128. The summed E-state index contributed by atoms with van der Waals surface area (Å²) < 4.78 is 0. The van der Waals surface area contributed by atoms with Crippen LogP contribution in [0.1, 0.15) is 30.3 Å². The monoisotopic (exact) mass is 225 g/mol. The molecule has 0 saturated carbocycles. The summed E-state index contributed by atoms with van der Waals surface area (Å²) in [5.74, 6) is -0.411. The van der Waals surface area contributed by atoms with Crippen molar-refractivity contribution < 1.29 is 9.90 Å². The molecule has 16 heavy (non-hydrogen) atoms. The van der Waals surface area contributed by atoms with Crippen molar-refractivity contribution in [1.29, 1.82) is 0 Å². The highest BCUT2D eigenvalue weighted by atomic mass is 16.3. The largest absolute Gasteiger partial charge is 0.391 e. The summed E-state index contributed by atoms with van der Waals surface area (Å²) in [6, 6.07) is 2.56. The molecule has 1 heterocycles. The molecule has 0 spiro atoms. The number of hydrogen-bond acceptors (Lipinski definition) is 4. The Bertz CT molecular complexity index is 382. The summed E-state index contributed by atoms with van der Waals surface area (Å²) in [5.41, 5.74) is -0.231. The van der Waals surface area contributed by atoms with Gasteiger partial charge >= 0.3 is 0 Å². The molecule has 1 rings (SSSR count). The van der Waals surface area contributed by atoms with Gasteiger partial charge in [0.1, 0.15) is 5.69 Å². The molecule has 0 aliphatic carbocycles. The lowest BCUT2D eigenvalue weighted by atomic mass is 10.2. The van der Waals surface area contributed by atoms with Crippen LogP contribution in [0.2, 0.25) is 0 Å². The predicted molar refractivity (Wildman–Crippen MR) is 58.1 cm³/mol. The van der Waals surface area contributed by atoms with Crippen LogP contribution < -0.4 is 10.9 Å². The fraction of sp³-hybridized carbons (Fsp3) is 0.500. The number of carbonyl (C=O) groups is 1. The van der Waals surface area contributed by atoms with E-state index in [-0.39, 0.29) is 17.8 Å². The third-order valence-electron chi connectivity index (χ3n) is 2.03. The van der Waals surface area contributed by atoms with Crippen LogP contribution in [0, 0.1) is 0 Å². The number of H-pyrrole nitrogens is 1. The highest BCUT2D eigenvalue weighted by molar-refractivity contribution is 5.91. The number of carbonyl (C=O) groups excluding carboxylic acids is 1. The van der Waals surface area contributed by atoms with Crippen molar-refractivity contribution in [3.8, 4) is 0 Å². The summed E-state index contributed by atoms with van der Waals surface area (Å²) in [5, 5.41) is 17.7. The van der Waals surface area contributed by atoms with Gasteiger partial charge in [0, 0.05) is 12.6 Å². The first-order chi connectivity index (χ1) is 7.63. The van der Waals surface area contributed by atoms with Crippen molar-refractivity contribution in [3.05, 3.63) is 28.2 Å². The molecular formula is C10H15N3O3. The molecule has 0 bridgehead atoms. The predicted octanol–water partition coefficient (Wildman–Crippen LogP) is -0.339. The molecule has 1 atom stereocenters. The molecule has 6 nitrogen and oxygen atoms in total. The van der Waals surface area contributed by atoms with Crippen molar-refractivity contribution in [3.63, 3.8) is 0 Å². The molecule has 0 radical (unpaired) electrons. The number of amides is 1. The van der Waals surface area contributed by atoms with Gasteiger partial charge in [0.25, 0.3) is 11.5 Å². The third-order valence-corrected chi connectivity index (χ3v) is 2.03. The van der Waals surface area contributed by atoms with Gasteiger partial charge in [-0.2, -0.15) is 5.10 Å². The van der Waals surface area contributed by atoms with E-state index in [2.05, 4.69) is 15.5 Å². The van der Waals surface area contributed by atoms with E-state index in [0.29, 0.717) is 6.42 Å². The lowest BCUT2D eigenvalue weighted by Crippen LogP contribution is -2.33. The molecule has 0 aromatic carbocycles. The van der Waals surface area contributed by atoms with Gasteiger partial charge in [-0.25, -0.2) is 5.10 Å². The van der Waals surface area contributed by atoms with Gasteiger partial charge in [-0.3, -0.25) is 9.59 Å². The van der Waals surface area contributed by atoms with Gasteiger partial charge in [-0.05, 0) is 12.5 Å². The molecule has 1 amide bonds. The first-order valence-corrected chi connectivity index (χ1v) is 5.15. The summed E-state index contributed by atoms with van der Waals surface area (Å²) in [4.78, 5) is 22.2. The lowest BCUT2D eigenvalue weighted by molar-refractivity contribution is 0.0904. The Morgan fingerprint density at radius 1 is 1.62 bits per heavy atom. The Hall–Kier alpha value is -1.69. The second kappa shape index (κ2) is 6.02. The van der Waals surface area contributed by atoms with Crippen LogP contribution in [0.15, 0.2) is 16.9 Å². The van der Waals surface area contributed by atoms with E-state index >= 15 is 0 Å². The van der Waals surface area contributed by atoms with Gasteiger partial charge < -0.3 is 10.4 Å². The maximum Gasteiger partial charge on any atom is 0.271 e. The topological polar surface area (TPSA) is 95.1 Å². The first-order valence-electron chi connectivity index (χ1n) is 5.15. The Kier molecular flexibility index (Phi) is 4.65. The molecule has 1 aromatic heterocycles. The SMILES string of the molecule is CCCC(O)CNC(=O)c1ccc(=O)[nH]n1. The Balaban J connectivity index is 2.46. The number of aromatic amines is 1. The second-order valence-electron chi connectivity index (χ2n) is 3.46. The smallest absolute Gasteiger partial charge is 0.271 e. The number of nitrogens with one attached hydrogen (secondary N) is 2. The van der Waals surface area contributed by atoms with E-state index in [4.69, 9.17) is 0 Å². The van der Waals surface area contributed by atoms with Crippen LogP contribution in [0.25, 0.3) is 0 Å². The quantitative estimate of drug-likeness (QED) is 0.639. The third kappa shape index (κ3) is 3.82. The zero-order chi connectivity index (χ0) is 12.0. The van der Waals surface area contributed by atoms with Crippen molar-refractivity contribution in [2.45, 2.75) is 25.9 Å². The van der Waals surface area contributed by atoms with E-state index in [1.54, 1.807) is 0 Å². The average Bonchev–Trinajstić information content (AvgIpc) is 2.27. The van der Waals surface area contributed by atoms with E-state index in [9.17, 15) is 14.7 Å². The lowest BCUT2D eigenvalue weighted by Gasteiger charge is -2.09. The van der Waals surface area contributed by atoms with Crippen molar-refractivity contribution >= 4 is 5.91 Å². The van der Waals surface area contributed by atoms with Crippen LogP contribution in [0.3, 0.4) is 0 Å². The minimum Gasteiger partial charge on any atom is -0.391 e. The molecule has 3 N–H and O–H groups in total. The van der Waals surface area contributed by atoms with Gasteiger partial charge in [-0.1, -0.05) is 13.3 Å². The summed E-state index contributed by atoms with van der Waals surface area (Å²) in [6.45, 7) is 2.14. The van der Waals surface area contributed by atoms with Crippen molar-refractivity contribution in [2.24, 2.45) is 0 Å². The maximum absolute atomic E-state index is 11.5. The van der Waals surface area contributed by atoms with Gasteiger partial charge in [0.2, 0.25) is 0 Å². The summed E-state index contributed by atoms with van der Waals surface area (Å²) in [6.07, 6.45) is 0.949. The summed E-state index contributed by atoms with van der Waals surface area (Å²) >= 11 is 0. The normalized spacial score (nSPS) is 12.1. The highest BCUT2D eigenvalue weighted by Crippen LogP contribution is 1.95. The highest BCUT2D eigenvalue weighted by Gasteiger charge is 2.09. The van der Waals surface area contributed by atoms with Gasteiger partial charge in [0.15, 0.2) is 0 Å². The molecule has 88 valence electrons. The molecule has 0 aliphatic rings. The Morgan fingerprint density at radius 3 is 2.94 bits per heavy atom. The molecule has 0 aliphatic heterocycles. The van der Waals surface area contributed by atoms with Gasteiger partial charge in [0.05, 0.1) is 6.10 Å². The van der Waals surface area contributed by atoms with E-state index in [1.165, 1.54) is 12.1 Å². The number of aromatic nitrogens is 2. The molecular weight excluding hydrogens is 210 g/mol. The molecule has 1 aromatic rings. The number of hydrogen-bond donors (Lipinski definition) is 3. The summed E-state index contributed by atoms with van der Waals surface area (Å²) in [7, 11) is 0.